The largest absolute Gasteiger partial charge is 0.303 e. The Morgan fingerprint density at radius 3 is 2.64 bits per heavy atom. The topological polar surface area (TPSA) is 34.1 Å². The molecule has 0 fully saturated rings. The summed E-state index contributed by atoms with van der Waals surface area (Å²) in [5.41, 5.74) is 0. The Morgan fingerprint density at radius 1 is 1.36 bits per heavy atom. The summed E-state index contributed by atoms with van der Waals surface area (Å²) in [6, 6.07) is 0. The second-order valence-electron chi connectivity index (χ2n) is 4.05. The van der Waals surface area contributed by atoms with Gasteiger partial charge in [0.25, 0.3) is 0 Å². The molecular formula is C12H22O2. The van der Waals surface area contributed by atoms with Crippen molar-refractivity contribution in [2.24, 2.45) is 5.92 Å². The van der Waals surface area contributed by atoms with E-state index < -0.39 is 0 Å². The zero-order chi connectivity index (χ0) is 10.8. The minimum Gasteiger partial charge on any atom is -0.303 e. The van der Waals surface area contributed by atoms with Crippen molar-refractivity contribution < 1.29 is 9.59 Å². The second-order valence-corrected chi connectivity index (χ2v) is 4.05. The van der Waals surface area contributed by atoms with Crippen LogP contribution in [0.5, 0.6) is 0 Å². The number of ketones is 1. The number of hydrogen-bond donors (Lipinski definition) is 0. The summed E-state index contributed by atoms with van der Waals surface area (Å²) in [6.45, 7) is 4.18. The number of Topliss-reactive ketones (excluding diaryl/α,β-unsaturated/α-hetero) is 1. The highest BCUT2D eigenvalue weighted by atomic mass is 16.1. The minimum atomic E-state index is 0.358. The fourth-order valence-electron chi connectivity index (χ4n) is 1.52. The van der Waals surface area contributed by atoms with E-state index in [1.807, 2.05) is 6.92 Å². The number of carbonyl (C=O) groups is 2. The molecule has 82 valence electrons. The van der Waals surface area contributed by atoms with Gasteiger partial charge in [-0.05, 0) is 18.8 Å². The highest BCUT2D eigenvalue weighted by Gasteiger charge is 2.08. The SMILES string of the molecule is CCCCCC(=O)CC(C)CCC=O. The summed E-state index contributed by atoms with van der Waals surface area (Å²) in [4.78, 5) is 21.5. The molecule has 0 spiro atoms. The van der Waals surface area contributed by atoms with Crippen LogP contribution in [0.15, 0.2) is 0 Å². The Labute approximate surface area is 87.1 Å². The molecule has 0 aromatic carbocycles. The molecule has 1 atom stereocenters. The van der Waals surface area contributed by atoms with Crippen molar-refractivity contribution in [1.29, 1.82) is 0 Å². The van der Waals surface area contributed by atoms with Crippen LogP contribution in [0.3, 0.4) is 0 Å². The Hall–Kier alpha value is -0.660. The molecule has 2 heteroatoms. The van der Waals surface area contributed by atoms with Gasteiger partial charge in [-0.1, -0.05) is 26.7 Å². The van der Waals surface area contributed by atoms with Gasteiger partial charge >= 0.3 is 0 Å². The van der Waals surface area contributed by atoms with E-state index in [9.17, 15) is 9.59 Å². The van der Waals surface area contributed by atoms with Crippen molar-refractivity contribution in [2.75, 3.05) is 0 Å². The van der Waals surface area contributed by atoms with Gasteiger partial charge in [-0.25, -0.2) is 0 Å². The highest BCUT2D eigenvalue weighted by molar-refractivity contribution is 5.78. The lowest BCUT2D eigenvalue weighted by molar-refractivity contribution is -0.120. The van der Waals surface area contributed by atoms with Gasteiger partial charge in [-0.2, -0.15) is 0 Å². The fraction of sp³-hybridized carbons (Fsp3) is 0.833. The molecule has 14 heavy (non-hydrogen) atoms. The zero-order valence-electron chi connectivity index (χ0n) is 9.42. The van der Waals surface area contributed by atoms with Crippen LogP contribution < -0.4 is 0 Å². The third-order valence-electron chi connectivity index (χ3n) is 2.41. The third kappa shape index (κ3) is 7.96. The smallest absolute Gasteiger partial charge is 0.133 e. The van der Waals surface area contributed by atoms with Crippen LogP contribution in [0, 0.1) is 5.92 Å². The maximum atomic E-state index is 11.4. The molecule has 1 unspecified atom stereocenters. The van der Waals surface area contributed by atoms with E-state index in [1.165, 1.54) is 0 Å². The summed E-state index contributed by atoms with van der Waals surface area (Å²) in [5, 5.41) is 0. The lowest BCUT2D eigenvalue weighted by Gasteiger charge is -2.07. The molecule has 0 aromatic heterocycles. The van der Waals surface area contributed by atoms with E-state index in [0.717, 1.165) is 38.4 Å². The van der Waals surface area contributed by atoms with Crippen molar-refractivity contribution in [3.05, 3.63) is 0 Å². The molecule has 0 bridgehead atoms. The maximum Gasteiger partial charge on any atom is 0.133 e. The lowest BCUT2D eigenvalue weighted by Crippen LogP contribution is -2.05. The van der Waals surface area contributed by atoms with Crippen molar-refractivity contribution in [1.82, 2.24) is 0 Å². The van der Waals surface area contributed by atoms with Gasteiger partial charge in [0.1, 0.15) is 12.1 Å². The fourth-order valence-corrected chi connectivity index (χ4v) is 1.52. The molecule has 0 heterocycles. The number of rotatable bonds is 9. The molecule has 0 aromatic rings. The molecule has 0 rings (SSSR count). The molecule has 0 aliphatic carbocycles. The van der Waals surface area contributed by atoms with Crippen molar-refractivity contribution in [3.8, 4) is 0 Å². The van der Waals surface area contributed by atoms with E-state index >= 15 is 0 Å². The lowest BCUT2D eigenvalue weighted by atomic mass is 9.97. The van der Waals surface area contributed by atoms with Crippen LogP contribution in [0.1, 0.15) is 58.8 Å². The van der Waals surface area contributed by atoms with Crippen LogP contribution in [0.25, 0.3) is 0 Å². The summed E-state index contributed by atoms with van der Waals surface area (Å²) < 4.78 is 0. The first-order chi connectivity index (χ1) is 6.70. The first-order valence-electron chi connectivity index (χ1n) is 5.66. The Bertz CT molecular complexity index is 164. The molecule has 0 saturated carbocycles. The van der Waals surface area contributed by atoms with Gasteiger partial charge < -0.3 is 4.79 Å². The van der Waals surface area contributed by atoms with Crippen molar-refractivity contribution in [2.45, 2.75) is 58.8 Å². The molecule has 2 nitrogen and oxygen atoms in total. The van der Waals surface area contributed by atoms with Crippen LogP contribution in [0.2, 0.25) is 0 Å². The Morgan fingerprint density at radius 2 is 2.07 bits per heavy atom. The van der Waals surface area contributed by atoms with Gasteiger partial charge in [0.05, 0.1) is 0 Å². The average molecular weight is 198 g/mol. The molecule has 0 aliphatic rings. The number of unbranched alkanes of at least 4 members (excludes halogenated alkanes) is 2. The van der Waals surface area contributed by atoms with E-state index in [0.29, 0.717) is 24.5 Å². The zero-order valence-corrected chi connectivity index (χ0v) is 9.42. The second kappa shape index (κ2) is 8.92. The normalized spacial score (nSPS) is 12.4. The van der Waals surface area contributed by atoms with Gasteiger partial charge in [0.15, 0.2) is 0 Å². The Balaban J connectivity index is 3.44. The first-order valence-corrected chi connectivity index (χ1v) is 5.66. The predicted octanol–water partition coefficient (Wildman–Crippen LogP) is 3.14. The standard InChI is InChI=1S/C12H22O2/c1-3-4-5-8-12(14)10-11(2)7-6-9-13/h9,11H,3-8,10H2,1-2H3. The quantitative estimate of drug-likeness (QED) is 0.421. The van der Waals surface area contributed by atoms with Crippen LogP contribution in [0.4, 0.5) is 0 Å². The first kappa shape index (κ1) is 13.3. The maximum absolute atomic E-state index is 11.4. The van der Waals surface area contributed by atoms with Gasteiger partial charge in [-0.3, -0.25) is 4.79 Å². The van der Waals surface area contributed by atoms with E-state index in [-0.39, 0.29) is 0 Å². The molecular weight excluding hydrogens is 176 g/mol. The average Bonchev–Trinajstić information content (AvgIpc) is 2.15. The van der Waals surface area contributed by atoms with E-state index in [4.69, 9.17) is 0 Å². The van der Waals surface area contributed by atoms with Gasteiger partial charge in [0, 0.05) is 19.3 Å². The summed E-state index contributed by atoms with van der Waals surface area (Å²) in [7, 11) is 0. The Kier molecular flexibility index (Phi) is 8.50. The molecule has 0 amide bonds. The number of hydrogen-bond acceptors (Lipinski definition) is 2. The summed E-state index contributed by atoms with van der Waals surface area (Å²) >= 11 is 0. The van der Waals surface area contributed by atoms with E-state index in [1.54, 1.807) is 0 Å². The highest BCUT2D eigenvalue weighted by Crippen LogP contribution is 2.12. The van der Waals surface area contributed by atoms with Gasteiger partial charge in [-0.15, -0.1) is 0 Å². The van der Waals surface area contributed by atoms with Crippen LogP contribution in [-0.4, -0.2) is 12.1 Å². The predicted molar refractivity (Wildman–Crippen MR) is 58.2 cm³/mol. The number of aldehydes is 1. The molecule has 0 radical (unpaired) electrons. The van der Waals surface area contributed by atoms with Crippen LogP contribution >= 0.6 is 0 Å². The van der Waals surface area contributed by atoms with Crippen LogP contribution in [-0.2, 0) is 9.59 Å². The summed E-state index contributed by atoms with van der Waals surface area (Å²) in [5.74, 6) is 0.728. The van der Waals surface area contributed by atoms with Crippen molar-refractivity contribution in [3.63, 3.8) is 0 Å². The van der Waals surface area contributed by atoms with Crippen molar-refractivity contribution >= 4 is 12.1 Å². The van der Waals surface area contributed by atoms with Gasteiger partial charge in [0.2, 0.25) is 0 Å². The molecule has 0 aliphatic heterocycles. The monoisotopic (exact) mass is 198 g/mol. The molecule has 0 saturated heterocycles. The van der Waals surface area contributed by atoms with E-state index in [2.05, 4.69) is 6.92 Å². The molecule has 0 N–H and O–H groups in total. The third-order valence-corrected chi connectivity index (χ3v) is 2.41. The number of carbonyl (C=O) groups excluding carboxylic acids is 2. The minimum absolute atomic E-state index is 0.358. The summed E-state index contributed by atoms with van der Waals surface area (Å²) in [6.07, 6.45) is 7.07.